The van der Waals surface area contributed by atoms with Crippen molar-refractivity contribution in [2.24, 2.45) is 41.1 Å². The zero-order valence-corrected chi connectivity index (χ0v) is 46.7. The highest BCUT2D eigenvalue weighted by atomic mass is 16.6. The molecule has 1 aliphatic rings. The number of anilines is 1. The van der Waals surface area contributed by atoms with E-state index in [2.05, 4.69) is 31.3 Å². The second-order valence-electron chi connectivity index (χ2n) is 20.4. The molecule has 1 fully saturated rings. The number of carbonyl (C=O) groups excluding carboxylic acids is 9. The minimum atomic E-state index is -1.05. The Hall–Kier alpha value is -6.07. The van der Waals surface area contributed by atoms with E-state index in [1.54, 1.807) is 89.6 Å². The number of likely N-dealkylation sites (tertiary alicyclic amines) is 1. The Morgan fingerprint density at radius 3 is 1.96 bits per heavy atom. The minimum Gasteiger partial charge on any atom is -0.468 e. The van der Waals surface area contributed by atoms with Gasteiger partial charge in [0.2, 0.25) is 35.4 Å². The quantitative estimate of drug-likeness (QED) is 0.0430. The summed E-state index contributed by atoms with van der Waals surface area (Å²) < 4.78 is 22.1. The van der Waals surface area contributed by atoms with Crippen LogP contribution in [0, 0.1) is 29.6 Å². The third-order valence-corrected chi connectivity index (χ3v) is 13.9. The van der Waals surface area contributed by atoms with E-state index in [4.69, 9.17) is 25.7 Å². The molecule has 0 aliphatic carbocycles. The normalized spacial score (nSPS) is 17.0. The summed E-state index contributed by atoms with van der Waals surface area (Å²) in [5, 5.41) is 13.4. The maximum Gasteiger partial charge on any atom is 0.410 e. The molecule has 0 saturated carbocycles. The Morgan fingerprint density at radius 2 is 1.43 bits per heavy atom. The molecular formula is C52H88N10O13. The van der Waals surface area contributed by atoms with E-state index >= 15 is 0 Å². The van der Waals surface area contributed by atoms with Crippen LogP contribution in [-0.4, -0.2) is 172 Å². The van der Waals surface area contributed by atoms with E-state index in [1.165, 1.54) is 33.3 Å². The number of esters is 1. The first-order chi connectivity index (χ1) is 35.3. The molecule has 2 unspecified atom stereocenters. The number of likely N-dealkylation sites (N-methyl/N-ethyl adjacent to an activating group) is 2. The monoisotopic (exact) mass is 1060 g/mol. The lowest BCUT2D eigenvalue weighted by Crippen LogP contribution is -2.60. The molecule has 9 amide bonds. The Balaban J connectivity index is 2.20. The number of methoxy groups -OCH3 is 3. The molecule has 1 aromatic carbocycles. The minimum absolute atomic E-state index is 0.0866. The number of primary amides is 1. The molecule has 10 atom stereocenters. The highest BCUT2D eigenvalue weighted by Gasteiger charge is 2.43. The van der Waals surface area contributed by atoms with Crippen molar-refractivity contribution in [3.63, 3.8) is 0 Å². The number of carbonyl (C=O) groups is 9. The zero-order chi connectivity index (χ0) is 56.9. The molecule has 424 valence electrons. The first-order valence-corrected chi connectivity index (χ1v) is 25.9. The van der Waals surface area contributed by atoms with Crippen LogP contribution in [0.5, 0.6) is 0 Å². The van der Waals surface area contributed by atoms with Crippen LogP contribution in [0.4, 0.5) is 15.3 Å². The molecule has 1 saturated heterocycles. The van der Waals surface area contributed by atoms with Crippen LogP contribution >= 0.6 is 0 Å². The number of rotatable bonds is 30. The third kappa shape index (κ3) is 19.5. The van der Waals surface area contributed by atoms with Crippen LogP contribution in [0.1, 0.15) is 106 Å². The maximum atomic E-state index is 14.6. The SMILES string of the molecule is CCC(C)[C@@H]([C@@H](CC(=O)N1CCC[C@H]1[C@H](OC)[C@@H](C)C(=O)NCC(=O)OC)OC)N(C)C(=O)[C@@H](NC(=O)[C@H](C(C)C)N(C)C(=O)OCc1ccc(NC(=O)C(CCCNC(N)=O)NC(=O)[C@@H](N)C(C)C)cc1)C(C)C. The van der Waals surface area contributed by atoms with Gasteiger partial charge in [0.15, 0.2) is 0 Å². The molecule has 2 rings (SSSR count). The van der Waals surface area contributed by atoms with Crippen molar-refractivity contribution in [1.82, 2.24) is 36.0 Å². The van der Waals surface area contributed by atoms with Gasteiger partial charge < -0.3 is 66.8 Å². The summed E-state index contributed by atoms with van der Waals surface area (Å²) in [7, 11) is 7.26. The average molecular weight is 1060 g/mol. The van der Waals surface area contributed by atoms with E-state index in [0.717, 1.165) is 0 Å². The van der Waals surface area contributed by atoms with Crippen molar-refractivity contribution >= 4 is 59.2 Å². The first kappa shape index (κ1) is 65.0. The van der Waals surface area contributed by atoms with Crippen LogP contribution < -0.4 is 38.1 Å². The third-order valence-electron chi connectivity index (χ3n) is 13.9. The topological polar surface area (TPSA) is 312 Å². The molecule has 23 heteroatoms. The van der Waals surface area contributed by atoms with Gasteiger partial charge in [0, 0.05) is 47.1 Å². The fourth-order valence-corrected chi connectivity index (χ4v) is 9.23. The maximum absolute atomic E-state index is 14.6. The molecule has 0 spiro atoms. The van der Waals surface area contributed by atoms with Crippen LogP contribution in [0.15, 0.2) is 24.3 Å². The largest absolute Gasteiger partial charge is 0.468 e. The molecule has 1 heterocycles. The number of nitrogens with two attached hydrogens (primary N) is 2. The number of ether oxygens (including phenoxy) is 4. The van der Waals surface area contributed by atoms with Gasteiger partial charge in [-0.3, -0.25) is 38.5 Å². The number of benzene rings is 1. The average Bonchev–Trinajstić information content (AvgIpc) is 3.86. The van der Waals surface area contributed by atoms with Crippen molar-refractivity contribution < 1.29 is 62.1 Å². The molecule has 75 heavy (non-hydrogen) atoms. The molecule has 1 aliphatic heterocycles. The number of hydrogen-bond donors (Lipinski definition) is 7. The summed E-state index contributed by atoms with van der Waals surface area (Å²) >= 11 is 0. The van der Waals surface area contributed by atoms with Crippen LogP contribution in [0.25, 0.3) is 0 Å². The van der Waals surface area contributed by atoms with Crippen molar-refractivity contribution in [3.8, 4) is 0 Å². The van der Waals surface area contributed by atoms with E-state index in [-0.39, 0.29) is 50.3 Å². The molecule has 0 bridgehead atoms. The van der Waals surface area contributed by atoms with Crippen LogP contribution in [-0.2, 0) is 59.1 Å². The van der Waals surface area contributed by atoms with Gasteiger partial charge in [-0.15, -0.1) is 0 Å². The lowest BCUT2D eigenvalue weighted by Gasteiger charge is -2.41. The number of urea groups is 1. The van der Waals surface area contributed by atoms with E-state index in [1.807, 2.05) is 13.8 Å². The summed E-state index contributed by atoms with van der Waals surface area (Å²) in [5.41, 5.74) is 12.1. The van der Waals surface area contributed by atoms with Crippen molar-refractivity contribution in [3.05, 3.63) is 29.8 Å². The van der Waals surface area contributed by atoms with Gasteiger partial charge in [-0.05, 0) is 67.1 Å². The molecule has 0 aromatic heterocycles. The summed E-state index contributed by atoms with van der Waals surface area (Å²) in [4.78, 5) is 123. The molecule has 9 N–H and O–H groups in total. The fraction of sp³-hybridized carbons (Fsp3) is 0.712. The van der Waals surface area contributed by atoms with Crippen molar-refractivity contribution in [1.29, 1.82) is 0 Å². The van der Waals surface area contributed by atoms with Crippen LogP contribution in [0.3, 0.4) is 0 Å². The molecule has 1 aromatic rings. The number of amides is 9. The molecule has 23 nitrogen and oxygen atoms in total. The predicted octanol–water partition coefficient (Wildman–Crippen LogP) is 2.49. The first-order valence-electron chi connectivity index (χ1n) is 25.9. The Kier molecular flexibility index (Phi) is 27.5. The molecular weight excluding hydrogens is 973 g/mol. The number of hydrogen-bond acceptors (Lipinski definition) is 14. The van der Waals surface area contributed by atoms with Gasteiger partial charge >= 0.3 is 18.1 Å². The Labute approximate surface area is 443 Å². The number of nitrogens with one attached hydrogen (secondary N) is 5. The van der Waals surface area contributed by atoms with E-state index < -0.39 is 114 Å². The summed E-state index contributed by atoms with van der Waals surface area (Å²) in [6, 6.07) is 0.839. The Bertz CT molecular complexity index is 2060. The van der Waals surface area contributed by atoms with Crippen molar-refractivity contribution in [2.45, 2.75) is 156 Å². The fourth-order valence-electron chi connectivity index (χ4n) is 9.23. The summed E-state index contributed by atoms with van der Waals surface area (Å²) in [6.45, 7) is 16.5. The summed E-state index contributed by atoms with van der Waals surface area (Å²) in [5.74, 6) is -5.10. The number of nitrogens with zero attached hydrogens (tertiary/aromatic N) is 3. The zero-order valence-electron chi connectivity index (χ0n) is 46.7. The van der Waals surface area contributed by atoms with Gasteiger partial charge in [-0.1, -0.05) is 80.9 Å². The van der Waals surface area contributed by atoms with Crippen LogP contribution in [0.2, 0.25) is 0 Å². The van der Waals surface area contributed by atoms with Gasteiger partial charge in [-0.2, -0.15) is 0 Å². The van der Waals surface area contributed by atoms with Crippen molar-refractivity contribution in [2.75, 3.05) is 60.4 Å². The second kappa shape index (κ2) is 31.7. The lowest BCUT2D eigenvalue weighted by atomic mass is 9.89. The van der Waals surface area contributed by atoms with E-state index in [9.17, 15) is 43.2 Å². The highest BCUT2D eigenvalue weighted by Crippen LogP contribution is 2.30. The lowest BCUT2D eigenvalue weighted by molar-refractivity contribution is -0.148. The van der Waals surface area contributed by atoms with Gasteiger partial charge in [0.05, 0.1) is 49.8 Å². The van der Waals surface area contributed by atoms with E-state index in [0.29, 0.717) is 43.5 Å². The Morgan fingerprint density at radius 1 is 0.787 bits per heavy atom. The van der Waals surface area contributed by atoms with Gasteiger partial charge in [-0.25, -0.2) is 9.59 Å². The van der Waals surface area contributed by atoms with Gasteiger partial charge in [0.1, 0.15) is 31.3 Å². The summed E-state index contributed by atoms with van der Waals surface area (Å²) in [6.07, 6.45) is 0.106. The smallest absolute Gasteiger partial charge is 0.410 e. The predicted molar refractivity (Wildman–Crippen MR) is 281 cm³/mol. The highest BCUT2D eigenvalue weighted by molar-refractivity contribution is 5.98. The standard InChI is InChI=1S/C52H88N10O13/c1-15-32(8)44(38(72-12)26-39(63)62-25-17-19-37(62)45(74-14)33(9)46(65)56-27-40(64)73-13)60(10)50(69)42(30(4)5)59-49(68)43(31(6)7)61(11)52(71)75-28-34-20-22-35(23-21-34)57-47(66)36(18-16-24-55-51(54)70)58-48(67)41(53)29(2)3/h20-23,29-33,36-38,41-45H,15-19,24-28,53H2,1-14H3,(H,56,65)(H,57,66)(H,58,67)(H,59,68)(H3,54,55,70)/t32?,33-,36?,37+,38-,41+,42+,43+,44+,45-/m1/s1. The van der Waals surface area contributed by atoms with Gasteiger partial charge in [0.25, 0.3) is 0 Å². The molecule has 0 radical (unpaired) electrons. The second-order valence-corrected chi connectivity index (χ2v) is 20.4.